The predicted molar refractivity (Wildman–Crippen MR) is 54.6 cm³/mol. The summed E-state index contributed by atoms with van der Waals surface area (Å²) in [5, 5.41) is 8.86. The van der Waals surface area contributed by atoms with E-state index in [0.717, 1.165) is 0 Å². The number of aliphatic hydroxyl groups excluding tert-OH is 1. The number of rotatable bonds is 2. The lowest BCUT2D eigenvalue weighted by Crippen LogP contribution is -1.83. The molecule has 0 saturated carbocycles. The van der Waals surface area contributed by atoms with E-state index in [9.17, 15) is 4.39 Å². The van der Waals surface area contributed by atoms with Gasteiger partial charge in [-0.05, 0) is 24.6 Å². The van der Waals surface area contributed by atoms with E-state index >= 15 is 0 Å². The fourth-order valence-corrected chi connectivity index (χ4v) is 1.07. The average Bonchev–Trinajstić information content (AvgIpc) is 2.15. The van der Waals surface area contributed by atoms with E-state index in [4.69, 9.17) is 16.7 Å². The van der Waals surface area contributed by atoms with Gasteiger partial charge in [0.1, 0.15) is 5.82 Å². The zero-order valence-corrected chi connectivity index (χ0v) is 8.31. The lowest BCUT2D eigenvalue weighted by molar-refractivity contribution is 0.290. The summed E-state index contributed by atoms with van der Waals surface area (Å²) in [6.45, 7) is 0.109. The van der Waals surface area contributed by atoms with E-state index in [1.807, 2.05) is 0 Å². The van der Waals surface area contributed by atoms with Crippen LogP contribution in [0.4, 0.5) is 4.39 Å². The second-order valence-corrected chi connectivity index (χ2v) is 3.19. The molecule has 1 N–H and O–H groups in total. The molecule has 74 valence electrons. The molecule has 0 bridgehead atoms. The van der Waals surface area contributed by atoms with Crippen LogP contribution in [0, 0.1) is 17.7 Å². The highest BCUT2D eigenvalue weighted by molar-refractivity contribution is 6.30. The number of benzene rings is 1. The Morgan fingerprint density at radius 3 is 2.86 bits per heavy atom. The van der Waals surface area contributed by atoms with Gasteiger partial charge in [0.05, 0.1) is 5.56 Å². The molecule has 0 aliphatic rings. The zero-order valence-electron chi connectivity index (χ0n) is 7.56. The molecular weight excluding hydrogens is 203 g/mol. The molecule has 0 unspecified atom stereocenters. The highest BCUT2D eigenvalue weighted by Crippen LogP contribution is 2.13. The van der Waals surface area contributed by atoms with Gasteiger partial charge in [0.25, 0.3) is 0 Å². The van der Waals surface area contributed by atoms with Crippen LogP contribution in [-0.4, -0.2) is 11.7 Å². The molecule has 0 amide bonds. The minimum atomic E-state index is -0.408. The quantitative estimate of drug-likeness (QED) is 0.590. The SMILES string of the molecule is OCCCC#Cc1ccc(Cl)cc1F. The molecule has 0 saturated heterocycles. The fourth-order valence-electron chi connectivity index (χ4n) is 0.916. The molecular formula is C11H10ClFO. The molecule has 1 aromatic carbocycles. The Labute approximate surface area is 87.5 Å². The van der Waals surface area contributed by atoms with E-state index in [0.29, 0.717) is 23.4 Å². The van der Waals surface area contributed by atoms with Crippen molar-refractivity contribution in [2.24, 2.45) is 0 Å². The Hall–Kier alpha value is -1.04. The van der Waals surface area contributed by atoms with Gasteiger partial charge >= 0.3 is 0 Å². The first-order valence-electron chi connectivity index (χ1n) is 4.29. The second-order valence-electron chi connectivity index (χ2n) is 2.75. The van der Waals surface area contributed by atoms with E-state index in [-0.39, 0.29) is 6.61 Å². The Morgan fingerprint density at radius 2 is 2.21 bits per heavy atom. The molecule has 14 heavy (non-hydrogen) atoms. The number of unbranched alkanes of at least 4 members (excludes halogenated alkanes) is 1. The van der Waals surface area contributed by atoms with E-state index in [1.165, 1.54) is 6.07 Å². The van der Waals surface area contributed by atoms with E-state index < -0.39 is 5.82 Å². The van der Waals surface area contributed by atoms with Gasteiger partial charge in [-0.25, -0.2) is 4.39 Å². The number of hydrogen-bond acceptors (Lipinski definition) is 1. The van der Waals surface area contributed by atoms with Crippen LogP contribution in [-0.2, 0) is 0 Å². The van der Waals surface area contributed by atoms with Crippen LogP contribution in [0.5, 0.6) is 0 Å². The van der Waals surface area contributed by atoms with Crippen molar-refractivity contribution in [2.45, 2.75) is 12.8 Å². The Morgan fingerprint density at radius 1 is 1.43 bits per heavy atom. The molecule has 0 aromatic heterocycles. The summed E-state index contributed by atoms with van der Waals surface area (Å²) < 4.78 is 13.1. The first-order valence-corrected chi connectivity index (χ1v) is 4.66. The largest absolute Gasteiger partial charge is 0.396 e. The molecule has 1 rings (SSSR count). The van der Waals surface area contributed by atoms with Crippen molar-refractivity contribution in [3.05, 3.63) is 34.6 Å². The lowest BCUT2D eigenvalue weighted by Gasteiger charge is -1.94. The second kappa shape index (κ2) is 5.64. The average molecular weight is 213 g/mol. The molecule has 0 radical (unpaired) electrons. The van der Waals surface area contributed by atoms with Gasteiger partial charge in [-0.15, -0.1) is 0 Å². The highest BCUT2D eigenvalue weighted by Gasteiger charge is 1.98. The third-order valence-corrected chi connectivity index (χ3v) is 1.85. The standard InChI is InChI=1S/C11H10ClFO/c12-10-6-5-9(11(13)8-10)4-2-1-3-7-14/h5-6,8,14H,1,3,7H2. The van der Waals surface area contributed by atoms with Crippen molar-refractivity contribution in [1.29, 1.82) is 0 Å². The fraction of sp³-hybridized carbons (Fsp3) is 0.273. The van der Waals surface area contributed by atoms with Crippen LogP contribution >= 0.6 is 11.6 Å². The minimum absolute atomic E-state index is 0.109. The maximum Gasteiger partial charge on any atom is 0.140 e. The maximum atomic E-state index is 13.1. The molecule has 1 nitrogen and oxygen atoms in total. The lowest BCUT2D eigenvalue weighted by atomic mass is 10.2. The molecule has 0 atom stereocenters. The van der Waals surface area contributed by atoms with Crippen molar-refractivity contribution in [1.82, 2.24) is 0 Å². The summed E-state index contributed by atoms with van der Waals surface area (Å²) in [4.78, 5) is 0. The van der Waals surface area contributed by atoms with Crippen molar-refractivity contribution in [3.8, 4) is 11.8 Å². The minimum Gasteiger partial charge on any atom is -0.396 e. The molecule has 0 aliphatic heterocycles. The van der Waals surface area contributed by atoms with Gasteiger partial charge in [0.15, 0.2) is 0 Å². The molecule has 0 heterocycles. The molecule has 0 spiro atoms. The topological polar surface area (TPSA) is 20.2 Å². The van der Waals surface area contributed by atoms with E-state index in [2.05, 4.69) is 11.8 Å². The van der Waals surface area contributed by atoms with Crippen molar-refractivity contribution >= 4 is 11.6 Å². The Bertz CT molecular complexity index is 365. The predicted octanol–water partition coefficient (Wildman–Crippen LogP) is 2.60. The normalized spacial score (nSPS) is 9.36. The summed E-state index contributed by atoms with van der Waals surface area (Å²) in [5.41, 5.74) is 0.340. The maximum absolute atomic E-state index is 13.1. The van der Waals surface area contributed by atoms with Gasteiger partial charge in [-0.2, -0.15) is 0 Å². The van der Waals surface area contributed by atoms with Crippen LogP contribution in [0.2, 0.25) is 5.02 Å². The zero-order chi connectivity index (χ0) is 10.4. The summed E-state index contributed by atoms with van der Waals surface area (Å²) in [6.07, 6.45) is 1.18. The third kappa shape index (κ3) is 3.37. The van der Waals surface area contributed by atoms with Gasteiger partial charge in [-0.3, -0.25) is 0 Å². The van der Waals surface area contributed by atoms with Gasteiger partial charge in [0, 0.05) is 18.1 Å². The van der Waals surface area contributed by atoms with Gasteiger partial charge in [0.2, 0.25) is 0 Å². The summed E-state index contributed by atoms with van der Waals surface area (Å²) in [6, 6.07) is 4.38. The Kier molecular flexibility index (Phi) is 4.45. The molecule has 0 aliphatic carbocycles. The number of hydrogen-bond donors (Lipinski definition) is 1. The third-order valence-electron chi connectivity index (χ3n) is 1.61. The summed E-state index contributed by atoms with van der Waals surface area (Å²) in [5.74, 6) is 5.04. The van der Waals surface area contributed by atoms with Crippen LogP contribution in [0.3, 0.4) is 0 Å². The van der Waals surface area contributed by atoms with Crippen molar-refractivity contribution in [2.75, 3.05) is 6.61 Å². The highest BCUT2D eigenvalue weighted by atomic mass is 35.5. The van der Waals surface area contributed by atoms with Crippen LogP contribution in [0.15, 0.2) is 18.2 Å². The molecule has 3 heteroatoms. The van der Waals surface area contributed by atoms with Crippen molar-refractivity contribution in [3.63, 3.8) is 0 Å². The van der Waals surface area contributed by atoms with Crippen LogP contribution < -0.4 is 0 Å². The summed E-state index contributed by atoms with van der Waals surface area (Å²) in [7, 11) is 0. The first kappa shape index (κ1) is 11.0. The van der Waals surface area contributed by atoms with Crippen molar-refractivity contribution < 1.29 is 9.50 Å². The van der Waals surface area contributed by atoms with Crippen LogP contribution in [0.1, 0.15) is 18.4 Å². The first-order chi connectivity index (χ1) is 6.74. The van der Waals surface area contributed by atoms with Gasteiger partial charge in [-0.1, -0.05) is 23.4 Å². The van der Waals surface area contributed by atoms with Gasteiger partial charge < -0.3 is 5.11 Å². The molecule has 1 aromatic rings. The Balaban J connectivity index is 2.70. The molecule has 0 fully saturated rings. The number of halogens is 2. The number of aliphatic hydroxyl groups is 1. The summed E-state index contributed by atoms with van der Waals surface area (Å²) >= 11 is 5.58. The van der Waals surface area contributed by atoms with E-state index in [1.54, 1.807) is 12.1 Å². The monoisotopic (exact) mass is 212 g/mol. The van der Waals surface area contributed by atoms with Crippen LogP contribution in [0.25, 0.3) is 0 Å². The smallest absolute Gasteiger partial charge is 0.140 e.